The Morgan fingerprint density at radius 3 is 2.60 bits per heavy atom. The zero-order chi connectivity index (χ0) is 21.6. The lowest BCUT2D eigenvalue weighted by Crippen LogP contribution is -2.40. The molecule has 2 N–H and O–H groups in total. The summed E-state index contributed by atoms with van der Waals surface area (Å²) in [6, 6.07) is 3.69. The van der Waals surface area contributed by atoms with Crippen molar-refractivity contribution in [3.8, 4) is 17.0 Å². The fourth-order valence-corrected chi connectivity index (χ4v) is 4.00. The smallest absolute Gasteiger partial charge is 0.416 e. The lowest BCUT2D eigenvalue weighted by Gasteiger charge is -2.30. The highest BCUT2D eigenvalue weighted by Crippen LogP contribution is 2.39. The molecule has 0 unspecified atom stereocenters. The summed E-state index contributed by atoms with van der Waals surface area (Å²) in [5.41, 5.74) is 1.11. The summed E-state index contributed by atoms with van der Waals surface area (Å²) >= 11 is 0. The summed E-state index contributed by atoms with van der Waals surface area (Å²) < 4.78 is 40.8. The number of anilines is 1. The molecule has 0 radical (unpaired) electrons. The van der Waals surface area contributed by atoms with Gasteiger partial charge in [0.2, 0.25) is 5.95 Å². The molecule has 0 saturated carbocycles. The van der Waals surface area contributed by atoms with E-state index in [-0.39, 0.29) is 22.9 Å². The maximum Gasteiger partial charge on any atom is 0.416 e. The highest BCUT2D eigenvalue weighted by molar-refractivity contribution is 5.83. The Morgan fingerprint density at radius 2 is 1.93 bits per heavy atom. The van der Waals surface area contributed by atoms with Crippen LogP contribution < -0.4 is 5.32 Å². The van der Waals surface area contributed by atoms with Crippen LogP contribution in [0.2, 0.25) is 0 Å². The summed E-state index contributed by atoms with van der Waals surface area (Å²) in [4.78, 5) is 2.23. The summed E-state index contributed by atoms with van der Waals surface area (Å²) in [5, 5.41) is 26.8. The van der Waals surface area contributed by atoms with Gasteiger partial charge >= 0.3 is 6.18 Å². The second kappa shape index (κ2) is 7.42. The minimum Gasteiger partial charge on any atom is -0.507 e. The van der Waals surface area contributed by atoms with Crippen LogP contribution in [0.5, 0.6) is 5.75 Å². The van der Waals surface area contributed by atoms with Crippen LogP contribution in [-0.4, -0.2) is 56.0 Å². The van der Waals surface area contributed by atoms with Gasteiger partial charge in [-0.1, -0.05) is 0 Å². The van der Waals surface area contributed by atoms with Gasteiger partial charge in [0.1, 0.15) is 11.4 Å². The standard InChI is InChI=1S/C20H23F3N6O/c1-11-7-13(20(21,22)23)9-16(30)17(11)18-15-8-12(2)27-29(15)19(26-25-18)24-14-5-4-6-28(3)10-14/h7-9,14,30H,4-6,10H2,1-3H3,(H,24,26)/t14-/m1/s1. The number of hydrogen-bond donors (Lipinski definition) is 2. The first-order valence-electron chi connectivity index (χ1n) is 9.73. The maximum atomic E-state index is 13.1. The molecule has 160 valence electrons. The topological polar surface area (TPSA) is 78.6 Å². The van der Waals surface area contributed by atoms with E-state index >= 15 is 0 Å². The molecule has 10 heteroatoms. The Morgan fingerprint density at radius 1 is 1.17 bits per heavy atom. The zero-order valence-corrected chi connectivity index (χ0v) is 17.0. The number of likely N-dealkylation sites (N-methyl/N-ethyl adjacent to an activating group) is 1. The molecule has 0 aliphatic carbocycles. The van der Waals surface area contributed by atoms with Gasteiger partial charge in [0.15, 0.2) is 0 Å². The molecule has 3 aromatic rings. The second-order valence-electron chi connectivity index (χ2n) is 7.89. The molecule has 2 aromatic heterocycles. The average Bonchev–Trinajstić information content (AvgIpc) is 3.04. The van der Waals surface area contributed by atoms with Gasteiger partial charge in [-0.2, -0.15) is 22.8 Å². The number of phenolic OH excluding ortho intramolecular Hbond substituents is 1. The van der Waals surface area contributed by atoms with E-state index in [0.717, 1.165) is 32.0 Å². The molecule has 1 saturated heterocycles. The van der Waals surface area contributed by atoms with Crippen LogP contribution >= 0.6 is 0 Å². The molecule has 0 bridgehead atoms. The van der Waals surface area contributed by atoms with Crippen molar-refractivity contribution in [1.82, 2.24) is 24.7 Å². The highest BCUT2D eigenvalue weighted by Gasteiger charge is 2.32. The highest BCUT2D eigenvalue weighted by atomic mass is 19.4. The molecule has 7 nitrogen and oxygen atoms in total. The molecule has 0 amide bonds. The van der Waals surface area contributed by atoms with Crippen LogP contribution in [0.15, 0.2) is 18.2 Å². The molecule has 1 atom stereocenters. The summed E-state index contributed by atoms with van der Waals surface area (Å²) in [7, 11) is 2.06. The van der Waals surface area contributed by atoms with E-state index in [1.807, 2.05) is 6.92 Å². The van der Waals surface area contributed by atoms with Crippen molar-refractivity contribution in [2.75, 3.05) is 25.5 Å². The third kappa shape index (κ3) is 3.79. The zero-order valence-electron chi connectivity index (χ0n) is 17.0. The van der Waals surface area contributed by atoms with Crippen LogP contribution in [0.3, 0.4) is 0 Å². The van der Waals surface area contributed by atoms with E-state index in [4.69, 9.17) is 0 Å². The number of aromatic hydroxyl groups is 1. The number of nitrogens with zero attached hydrogens (tertiary/aromatic N) is 5. The van der Waals surface area contributed by atoms with Gasteiger partial charge in [-0.05, 0) is 64.0 Å². The molecule has 0 spiro atoms. The van der Waals surface area contributed by atoms with Crippen molar-refractivity contribution in [3.05, 3.63) is 35.0 Å². The number of nitrogens with one attached hydrogen (secondary N) is 1. The van der Waals surface area contributed by atoms with Crippen LogP contribution in [0.4, 0.5) is 19.1 Å². The first kappa shape index (κ1) is 20.4. The fraction of sp³-hybridized carbons (Fsp3) is 0.450. The van der Waals surface area contributed by atoms with Crippen molar-refractivity contribution in [2.24, 2.45) is 0 Å². The summed E-state index contributed by atoms with van der Waals surface area (Å²) in [6.45, 7) is 5.24. The number of piperidine rings is 1. The van der Waals surface area contributed by atoms with Crippen LogP contribution in [-0.2, 0) is 6.18 Å². The molecule has 1 aromatic carbocycles. The molecule has 1 aliphatic rings. The fourth-order valence-electron chi connectivity index (χ4n) is 4.00. The van der Waals surface area contributed by atoms with Crippen molar-refractivity contribution in [2.45, 2.75) is 38.9 Å². The molecule has 1 aliphatic heterocycles. The van der Waals surface area contributed by atoms with Crippen molar-refractivity contribution in [1.29, 1.82) is 0 Å². The summed E-state index contributed by atoms with van der Waals surface area (Å²) in [6.07, 6.45) is -2.48. The van der Waals surface area contributed by atoms with Gasteiger partial charge in [0.05, 0.1) is 16.8 Å². The van der Waals surface area contributed by atoms with Crippen molar-refractivity contribution in [3.63, 3.8) is 0 Å². The first-order chi connectivity index (χ1) is 14.1. The van der Waals surface area contributed by atoms with Gasteiger partial charge < -0.3 is 15.3 Å². The number of aryl methyl sites for hydroxylation is 2. The average molecular weight is 420 g/mol. The minimum atomic E-state index is -4.55. The second-order valence-corrected chi connectivity index (χ2v) is 7.89. The third-order valence-electron chi connectivity index (χ3n) is 5.36. The SMILES string of the molecule is Cc1cc2c(-c3c(C)cc(C(F)(F)F)cc3O)nnc(N[C@@H]3CCCN(C)C3)n2n1. The number of aromatic nitrogens is 4. The Kier molecular flexibility index (Phi) is 5.05. The third-order valence-corrected chi connectivity index (χ3v) is 5.36. The van der Waals surface area contributed by atoms with Gasteiger partial charge in [-0.3, -0.25) is 0 Å². The van der Waals surface area contributed by atoms with E-state index < -0.39 is 17.5 Å². The van der Waals surface area contributed by atoms with Crippen LogP contribution in [0.25, 0.3) is 16.8 Å². The van der Waals surface area contributed by atoms with Crippen molar-refractivity contribution >= 4 is 11.5 Å². The predicted octanol–water partition coefficient (Wildman–Crippen LogP) is 3.64. The molecule has 1 fully saturated rings. The van der Waals surface area contributed by atoms with Crippen molar-refractivity contribution < 1.29 is 18.3 Å². The van der Waals surface area contributed by atoms with Gasteiger partial charge in [-0.15, -0.1) is 10.2 Å². The van der Waals surface area contributed by atoms with E-state index in [9.17, 15) is 18.3 Å². The normalized spacial score (nSPS) is 18.1. The molecule has 3 heterocycles. The monoisotopic (exact) mass is 420 g/mol. The lowest BCUT2D eigenvalue weighted by molar-refractivity contribution is -0.137. The number of fused-ring (bicyclic) bond motifs is 1. The lowest BCUT2D eigenvalue weighted by atomic mass is 10.00. The van der Waals surface area contributed by atoms with E-state index in [1.54, 1.807) is 10.6 Å². The molecular formula is C20H23F3N6O. The summed E-state index contributed by atoms with van der Waals surface area (Å²) in [5.74, 6) is -0.0294. The van der Waals surface area contributed by atoms with Gasteiger partial charge in [0, 0.05) is 18.2 Å². The van der Waals surface area contributed by atoms with Crippen LogP contribution in [0, 0.1) is 13.8 Å². The number of likely N-dealkylation sites (tertiary alicyclic amines) is 1. The Hall–Kier alpha value is -2.88. The minimum absolute atomic E-state index is 0.192. The number of phenols is 1. The number of benzene rings is 1. The Bertz CT molecular complexity index is 1070. The number of alkyl halides is 3. The molecule has 4 rings (SSSR count). The maximum absolute atomic E-state index is 13.1. The molecule has 30 heavy (non-hydrogen) atoms. The first-order valence-corrected chi connectivity index (χ1v) is 9.73. The number of hydrogen-bond acceptors (Lipinski definition) is 6. The predicted molar refractivity (Wildman–Crippen MR) is 107 cm³/mol. The molecular weight excluding hydrogens is 397 g/mol. The van der Waals surface area contributed by atoms with Crippen LogP contribution in [0.1, 0.15) is 29.7 Å². The largest absolute Gasteiger partial charge is 0.507 e. The van der Waals surface area contributed by atoms with E-state index in [0.29, 0.717) is 23.2 Å². The van der Waals surface area contributed by atoms with E-state index in [2.05, 4.69) is 32.6 Å². The Balaban J connectivity index is 1.79. The number of rotatable bonds is 3. The number of halogens is 3. The van der Waals surface area contributed by atoms with E-state index in [1.165, 1.54) is 6.92 Å². The van der Waals surface area contributed by atoms with Gasteiger partial charge in [-0.25, -0.2) is 0 Å². The van der Waals surface area contributed by atoms with Gasteiger partial charge in [0.25, 0.3) is 0 Å². The quantitative estimate of drug-likeness (QED) is 0.674. The Labute approximate surface area is 171 Å².